The maximum absolute atomic E-state index is 12.6. The number of benzene rings is 2. The Morgan fingerprint density at radius 2 is 1.83 bits per heavy atom. The Hall–Kier alpha value is -3.19. The van der Waals surface area contributed by atoms with Crippen molar-refractivity contribution in [3.05, 3.63) is 71.1 Å². The van der Waals surface area contributed by atoms with Crippen molar-refractivity contribution >= 4 is 28.5 Å². The lowest BCUT2D eigenvalue weighted by atomic mass is 10.0. The first kappa shape index (κ1) is 20.5. The molecule has 1 aromatic heterocycles. The molecule has 0 spiro atoms. The second kappa shape index (κ2) is 9.84. The largest absolute Gasteiger partial charge is 0.450 e. The molecule has 3 aromatic rings. The average Bonchev–Trinajstić information content (AvgIpc) is 3.17. The monoisotopic (exact) mass is 409 g/mol. The van der Waals surface area contributed by atoms with Gasteiger partial charge in [-0.05, 0) is 19.4 Å². The number of nitrogens with one attached hydrogen (secondary N) is 2. The molecule has 7 heteroatoms. The Kier molecular flexibility index (Phi) is 6.97. The van der Waals surface area contributed by atoms with Crippen LogP contribution in [0.3, 0.4) is 0 Å². The molecule has 150 valence electrons. The summed E-state index contributed by atoms with van der Waals surface area (Å²) in [4.78, 5) is 29.0. The molecule has 0 bridgehead atoms. The summed E-state index contributed by atoms with van der Waals surface area (Å²) in [5, 5.41) is 8.00. The predicted molar refractivity (Wildman–Crippen MR) is 115 cm³/mol. The number of carbonyl (C=O) groups is 2. The van der Waals surface area contributed by atoms with Crippen molar-refractivity contribution in [1.82, 2.24) is 10.3 Å². The van der Waals surface area contributed by atoms with Crippen molar-refractivity contribution in [2.45, 2.75) is 26.3 Å². The highest BCUT2D eigenvalue weighted by atomic mass is 32.1. The number of ether oxygens (including phenoxy) is 1. The maximum atomic E-state index is 12.6. The van der Waals surface area contributed by atoms with Gasteiger partial charge in [-0.1, -0.05) is 60.2 Å². The standard InChI is InChI=1S/C22H23N3O3S/c1-3-28-22(27)24-18(16-7-5-4-6-8-16)13-20(26)25-21-23-19(14-29-21)17-11-9-15(2)10-12-17/h4-12,14,18H,3,13H2,1-2H3,(H,24,27)(H,23,25,26)/t18-/m0/s1. The van der Waals surface area contributed by atoms with E-state index in [4.69, 9.17) is 4.74 Å². The van der Waals surface area contributed by atoms with Crippen molar-refractivity contribution in [1.29, 1.82) is 0 Å². The maximum Gasteiger partial charge on any atom is 0.407 e. The lowest BCUT2D eigenvalue weighted by molar-refractivity contribution is -0.116. The van der Waals surface area contributed by atoms with Gasteiger partial charge in [-0.15, -0.1) is 11.3 Å². The first-order chi connectivity index (χ1) is 14.0. The number of amides is 2. The highest BCUT2D eigenvalue weighted by Gasteiger charge is 2.20. The Bertz CT molecular complexity index is 955. The van der Waals surface area contributed by atoms with Gasteiger partial charge in [0.25, 0.3) is 0 Å². The molecule has 1 heterocycles. The Morgan fingerprint density at radius 3 is 2.52 bits per heavy atom. The number of aromatic nitrogens is 1. The van der Waals surface area contributed by atoms with Gasteiger partial charge in [0.05, 0.1) is 24.8 Å². The summed E-state index contributed by atoms with van der Waals surface area (Å²) in [6, 6.07) is 16.9. The lowest BCUT2D eigenvalue weighted by Crippen LogP contribution is -2.32. The fourth-order valence-corrected chi connectivity index (χ4v) is 3.53. The number of rotatable bonds is 7. The number of carbonyl (C=O) groups excluding carboxylic acids is 2. The summed E-state index contributed by atoms with van der Waals surface area (Å²) in [6.07, 6.45) is -0.479. The summed E-state index contributed by atoms with van der Waals surface area (Å²) < 4.78 is 4.96. The number of alkyl carbamates (subject to hydrolysis) is 1. The highest BCUT2D eigenvalue weighted by molar-refractivity contribution is 7.14. The first-order valence-corrected chi connectivity index (χ1v) is 10.2. The van der Waals surface area contributed by atoms with Gasteiger partial charge in [-0.2, -0.15) is 0 Å². The van der Waals surface area contributed by atoms with Crippen LogP contribution in [0.2, 0.25) is 0 Å². The van der Waals surface area contributed by atoms with Crippen molar-refractivity contribution in [2.75, 3.05) is 11.9 Å². The van der Waals surface area contributed by atoms with E-state index in [1.54, 1.807) is 6.92 Å². The Labute approximate surface area is 173 Å². The zero-order valence-electron chi connectivity index (χ0n) is 16.3. The predicted octanol–water partition coefficient (Wildman–Crippen LogP) is 4.93. The van der Waals surface area contributed by atoms with Gasteiger partial charge < -0.3 is 15.4 Å². The zero-order chi connectivity index (χ0) is 20.6. The van der Waals surface area contributed by atoms with Crippen LogP contribution in [-0.4, -0.2) is 23.6 Å². The van der Waals surface area contributed by atoms with E-state index in [2.05, 4.69) is 15.6 Å². The van der Waals surface area contributed by atoms with E-state index in [9.17, 15) is 9.59 Å². The normalized spacial score (nSPS) is 11.5. The molecule has 3 rings (SSSR count). The molecule has 0 saturated heterocycles. The second-order valence-corrected chi connectivity index (χ2v) is 7.34. The van der Waals surface area contributed by atoms with Gasteiger partial charge in [0.15, 0.2) is 5.13 Å². The number of thiazole rings is 1. The molecule has 29 heavy (non-hydrogen) atoms. The molecule has 2 N–H and O–H groups in total. The minimum Gasteiger partial charge on any atom is -0.450 e. The van der Waals surface area contributed by atoms with E-state index in [-0.39, 0.29) is 18.9 Å². The molecule has 1 atom stereocenters. The van der Waals surface area contributed by atoms with Crippen molar-refractivity contribution in [2.24, 2.45) is 0 Å². The summed E-state index contributed by atoms with van der Waals surface area (Å²) >= 11 is 1.37. The van der Waals surface area contributed by atoms with E-state index < -0.39 is 12.1 Å². The first-order valence-electron chi connectivity index (χ1n) is 9.36. The van der Waals surface area contributed by atoms with Gasteiger partial charge in [-0.3, -0.25) is 4.79 Å². The Morgan fingerprint density at radius 1 is 1.10 bits per heavy atom. The summed E-state index contributed by atoms with van der Waals surface area (Å²) in [6.45, 7) is 4.03. The minimum atomic E-state index is -0.551. The number of aryl methyl sites for hydroxylation is 1. The summed E-state index contributed by atoms with van der Waals surface area (Å²) in [5.41, 5.74) is 3.82. The van der Waals surface area contributed by atoms with Crippen LogP contribution in [0.25, 0.3) is 11.3 Å². The average molecular weight is 410 g/mol. The number of hydrogen-bond acceptors (Lipinski definition) is 5. The van der Waals surface area contributed by atoms with Gasteiger partial charge in [0.1, 0.15) is 0 Å². The molecule has 0 saturated carbocycles. The highest BCUT2D eigenvalue weighted by Crippen LogP contribution is 2.26. The molecule has 0 aliphatic carbocycles. The van der Waals surface area contributed by atoms with Crippen LogP contribution in [0.5, 0.6) is 0 Å². The lowest BCUT2D eigenvalue weighted by Gasteiger charge is -2.18. The Balaban J connectivity index is 1.67. The second-order valence-electron chi connectivity index (χ2n) is 6.48. The van der Waals surface area contributed by atoms with Crippen LogP contribution < -0.4 is 10.6 Å². The van der Waals surface area contributed by atoms with Crippen molar-refractivity contribution < 1.29 is 14.3 Å². The van der Waals surface area contributed by atoms with Gasteiger partial charge in [0, 0.05) is 10.9 Å². The molecular weight excluding hydrogens is 386 g/mol. The molecule has 6 nitrogen and oxygen atoms in total. The molecule has 0 aliphatic rings. The zero-order valence-corrected chi connectivity index (χ0v) is 17.2. The van der Waals surface area contributed by atoms with Crippen LogP contribution in [0.15, 0.2) is 60.0 Å². The van der Waals surface area contributed by atoms with Crippen LogP contribution in [0, 0.1) is 6.92 Å². The van der Waals surface area contributed by atoms with Crippen LogP contribution >= 0.6 is 11.3 Å². The van der Waals surface area contributed by atoms with Gasteiger partial charge in [0.2, 0.25) is 5.91 Å². The topological polar surface area (TPSA) is 80.3 Å². The van der Waals surface area contributed by atoms with E-state index >= 15 is 0 Å². The summed E-state index contributed by atoms with van der Waals surface area (Å²) in [7, 11) is 0. The number of hydrogen-bond donors (Lipinski definition) is 2. The fraction of sp³-hybridized carbons (Fsp3) is 0.227. The van der Waals surface area contributed by atoms with Crippen LogP contribution in [0.1, 0.15) is 30.5 Å². The molecular formula is C22H23N3O3S. The van der Waals surface area contributed by atoms with E-state index in [0.717, 1.165) is 16.8 Å². The van der Waals surface area contributed by atoms with Gasteiger partial charge in [-0.25, -0.2) is 9.78 Å². The molecule has 0 unspecified atom stereocenters. The van der Waals surface area contributed by atoms with E-state index in [0.29, 0.717) is 5.13 Å². The van der Waals surface area contributed by atoms with Crippen LogP contribution in [0.4, 0.5) is 9.93 Å². The third-order valence-corrected chi connectivity index (χ3v) is 5.01. The van der Waals surface area contributed by atoms with Crippen molar-refractivity contribution in [3.8, 4) is 11.3 Å². The molecule has 0 fully saturated rings. The molecule has 2 amide bonds. The fourth-order valence-electron chi connectivity index (χ4n) is 2.80. The van der Waals surface area contributed by atoms with E-state index in [1.807, 2.05) is 66.9 Å². The van der Waals surface area contributed by atoms with E-state index in [1.165, 1.54) is 16.9 Å². The number of nitrogens with zero attached hydrogens (tertiary/aromatic N) is 1. The van der Waals surface area contributed by atoms with Gasteiger partial charge >= 0.3 is 6.09 Å². The third kappa shape index (κ3) is 5.89. The SMILES string of the molecule is CCOC(=O)N[C@@H](CC(=O)Nc1nc(-c2ccc(C)cc2)cs1)c1ccccc1. The quantitative estimate of drug-likeness (QED) is 0.579. The number of anilines is 1. The third-order valence-electron chi connectivity index (χ3n) is 4.26. The molecule has 2 aromatic carbocycles. The van der Waals surface area contributed by atoms with Crippen LogP contribution in [-0.2, 0) is 9.53 Å². The minimum absolute atomic E-state index is 0.0717. The molecule has 0 aliphatic heterocycles. The smallest absolute Gasteiger partial charge is 0.407 e. The molecule has 0 radical (unpaired) electrons. The van der Waals surface area contributed by atoms with Crippen molar-refractivity contribution in [3.63, 3.8) is 0 Å². The summed E-state index contributed by atoms with van der Waals surface area (Å²) in [5.74, 6) is -0.236.